The number of benzene rings is 1. The average Bonchev–Trinajstić information content (AvgIpc) is 2.40. The second-order valence-electron chi connectivity index (χ2n) is 4.97. The summed E-state index contributed by atoms with van der Waals surface area (Å²) in [6, 6.07) is 3.95. The van der Waals surface area contributed by atoms with E-state index >= 15 is 0 Å². The van der Waals surface area contributed by atoms with Crippen molar-refractivity contribution in [1.29, 1.82) is 0 Å². The van der Waals surface area contributed by atoms with Gasteiger partial charge in [0.2, 0.25) is 0 Å². The van der Waals surface area contributed by atoms with Gasteiger partial charge in [0, 0.05) is 23.7 Å². The molecule has 116 valence electrons. The number of nitro groups is 1. The molecule has 0 radical (unpaired) electrons. The number of nitro benzene ring substituents is 1. The minimum absolute atomic E-state index is 0. The van der Waals surface area contributed by atoms with E-state index < -0.39 is 10.8 Å². The topological polar surface area (TPSA) is 84.3 Å². The SMILES string of the molecule is CC1CCNCC1NC(=O)c1cc(Cl)ccc1[N+](=O)[O-].Cl. The molecule has 2 atom stereocenters. The third-order valence-electron chi connectivity index (χ3n) is 3.54. The van der Waals surface area contributed by atoms with Crippen molar-refractivity contribution in [3.8, 4) is 0 Å². The smallest absolute Gasteiger partial charge is 0.282 e. The van der Waals surface area contributed by atoms with Crippen LogP contribution in [0.5, 0.6) is 0 Å². The van der Waals surface area contributed by atoms with Crippen LogP contribution in [0.15, 0.2) is 18.2 Å². The molecule has 1 amide bonds. The van der Waals surface area contributed by atoms with E-state index in [4.69, 9.17) is 11.6 Å². The Morgan fingerprint density at radius 1 is 1.52 bits per heavy atom. The van der Waals surface area contributed by atoms with E-state index in [1.54, 1.807) is 0 Å². The van der Waals surface area contributed by atoms with Crippen molar-refractivity contribution in [3.63, 3.8) is 0 Å². The Morgan fingerprint density at radius 2 is 2.24 bits per heavy atom. The van der Waals surface area contributed by atoms with E-state index in [-0.39, 0.29) is 29.7 Å². The minimum Gasteiger partial charge on any atom is -0.348 e. The van der Waals surface area contributed by atoms with Crippen molar-refractivity contribution in [1.82, 2.24) is 10.6 Å². The summed E-state index contributed by atoms with van der Waals surface area (Å²) in [5, 5.41) is 17.3. The zero-order valence-electron chi connectivity index (χ0n) is 11.5. The van der Waals surface area contributed by atoms with Crippen LogP contribution in [0, 0.1) is 16.0 Å². The molecule has 6 nitrogen and oxygen atoms in total. The van der Waals surface area contributed by atoms with Gasteiger partial charge in [0.1, 0.15) is 5.56 Å². The first-order chi connectivity index (χ1) is 9.49. The molecule has 0 aromatic heterocycles. The van der Waals surface area contributed by atoms with Crippen LogP contribution in [0.3, 0.4) is 0 Å². The summed E-state index contributed by atoms with van der Waals surface area (Å²) in [6.07, 6.45) is 0.961. The number of halogens is 2. The van der Waals surface area contributed by atoms with Crippen molar-refractivity contribution in [2.24, 2.45) is 5.92 Å². The molecule has 8 heteroatoms. The molecule has 2 N–H and O–H groups in total. The normalized spacial score (nSPS) is 21.2. The number of hydrogen-bond donors (Lipinski definition) is 2. The lowest BCUT2D eigenvalue weighted by molar-refractivity contribution is -0.385. The van der Waals surface area contributed by atoms with Gasteiger partial charge in [-0.3, -0.25) is 14.9 Å². The van der Waals surface area contributed by atoms with Gasteiger partial charge in [0.15, 0.2) is 0 Å². The Bertz CT molecular complexity index is 539. The third-order valence-corrected chi connectivity index (χ3v) is 3.78. The monoisotopic (exact) mass is 333 g/mol. The molecule has 2 unspecified atom stereocenters. The highest BCUT2D eigenvalue weighted by atomic mass is 35.5. The van der Waals surface area contributed by atoms with Crippen molar-refractivity contribution in [3.05, 3.63) is 38.9 Å². The largest absolute Gasteiger partial charge is 0.348 e. The van der Waals surface area contributed by atoms with Gasteiger partial charge < -0.3 is 10.6 Å². The summed E-state index contributed by atoms with van der Waals surface area (Å²) in [7, 11) is 0. The van der Waals surface area contributed by atoms with Crippen LogP contribution in [0.2, 0.25) is 5.02 Å². The molecule has 1 fully saturated rings. The summed E-state index contributed by atoms with van der Waals surface area (Å²) in [5.74, 6) is -0.127. The van der Waals surface area contributed by atoms with E-state index in [1.807, 2.05) is 0 Å². The van der Waals surface area contributed by atoms with Crippen molar-refractivity contribution < 1.29 is 9.72 Å². The quantitative estimate of drug-likeness (QED) is 0.657. The predicted molar refractivity (Wildman–Crippen MR) is 83.3 cm³/mol. The lowest BCUT2D eigenvalue weighted by atomic mass is 9.94. The van der Waals surface area contributed by atoms with Gasteiger partial charge in [0.05, 0.1) is 4.92 Å². The first kappa shape index (κ1) is 17.7. The van der Waals surface area contributed by atoms with E-state index in [2.05, 4.69) is 17.6 Å². The van der Waals surface area contributed by atoms with Crippen LogP contribution in [-0.4, -0.2) is 30.0 Å². The highest BCUT2D eigenvalue weighted by molar-refractivity contribution is 6.31. The fraction of sp³-hybridized carbons (Fsp3) is 0.462. The first-order valence-corrected chi connectivity index (χ1v) is 6.82. The number of nitrogens with zero attached hydrogens (tertiary/aromatic N) is 1. The summed E-state index contributed by atoms with van der Waals surface area (Å²) in [5.41, 5.74) is -0.233. The van der Waals surface area contributed by atoms with Gasteiger partial charge in [-0.2, -0.15) is 0 Å². The Kier molecular flexibility index (Phi) is 6.39. The second-order valence-corrected chi connectivity index (χ2v) is 5.41. The Labute approximate surface area is 133 Å². The predicted octanol–water partition coefficient (Wildman–Crippen LogP) is 2.40. The zero-order chi connectivity index (χ0) is 14.7. The first-order valence-electron chi connectivity index (χ1n) is 6.44. The maximum absolute atomic E-state index is 12.2. The van der Waals surface area contributed by atoms with Gasteiger partial charge in [-0.1, -0.05) is 18.5 Å². The fourth-order valence-electron chi connectivity index (χ4n) is 2.28. The molecular formula is C13H17Cl2N3O3. The van der Waals surface area contributed by atoms with Crippen LogP contribution in [-0.2, 0) is 0 Å². The number of nitrogens with one attached hydrogen (secondary N) is 2. The van der Waals surface area contributed by atoms with Crippen molar-refractivity contribution in [2.45, 2.75) is 19.4 Å². The van der Waals surface area contributed by atoms with E-state index in [9.17, 15) is 14.9 Å². The van der Waals surface area contributed by atoms with Gasteiger partial charge in [0.25, 0.3) is 11.6 Å². The van der Waals surface area contributed by atoms with Gasteiger partial charge >= 0.3 is 0 Å². The summed E-state index contributed by atoms with van der Waals surface area (Å²) < 4.78 is 0. The van der Waals surface area contributed by atoms with Crippen LogP contribution in [0.4, 0.5) is 5.69 Å². The summed E-state index contributed by atoms with van der Waals surface area (Å²) >= 11 is 5.82. The number of hydrogen-bond acceptors (Lipinski definition) is 4. The van der Waals surface area contributed by atoms with Crippen molar-refractivity contribution >= 4 is 35.6 Å². The molecule has 0 spiro atoms. The van der Waals surface area contributed by atoms with Gasteiger partial charge in [-0.15, -0.1) is 12.4 Å². The maximum Gasteiger partial charge on any atom is 0.282 e. The molecule has 1 aliphatic heterocycles. The Balaban J connectivity index is 0.00000220. The molecule has 2 rings (SSSR count). The number of carbonyl (C=O) groups excluding carboxylic acids is 1. The molecule has 0 aliphatic carbocycles. The lowest BCUT2D eigenvalue weighted by Crippen LogP contribution is -2.50. The van der Waals surface area contributed by atoms with E-state index in [0.717, 1.165) is 13.0 Å². The number of piperidine rings is 1. The standard InChI is InChI=1S/C13H16ClN3O3.ClH/c1-8-4-5-15-7-11(8)16-13(18)10-6-9(14)2-3-12(10)17(19)20;/h2-3,6,8,11,15H,4-5,7H2,1H3,(H,16,18);1H. The molecule has 21 heavy (non-hydrogen) atoms. The van der Waals surface area contributed by atoms with Gasteiger partial charge in [-0.05, 0) is 31.0 Å². The summed E-state index contributed by atoms with van der Waals surface area (Å²) in [4.78, 5) is 22.6. The van der Waals surface area contributed by atoms with Crippen LogP contribution >= 0.6 is 24.0 Å². The minimum atomic E-state index is -0.576. The second kappa shape index (κ2) is 7.59. The molecule has 1 aromatic rings. The zero-order valence-corrected chi connectivity index (χ0v) is 13.0. The highest BCUT2D eigenvalue weighted by Gasteiger charge is 2.26. The average molecular weight is 334 g/mol. The third kappa shape index (κ3) is 4.30. The number of carbonyl (C=O) groups is 1. The van der Waals surface area contributed by atoms with Crippen LogP contribution in [0.1, 0.15) is 23.7 Å². The van der Waals surface area contributed by atoms with Gasteiger partial charge in [-0.25, -0.2) is 0 Å². The number of rotatable bonds is 3. The van der Waals surface area contributed by atoms with Crippen molar-refractivity contribution in [2.75, 3.05) is 13.1 Å². The molecular weight excluding hydrogens is 317 g/mol. The molecule has 0 bridgehead atoms. The fourth-order valence-corrected chi connectivity index (χ4v) is 2.45. The highest BCUT2D eigenvalue weighted by Crippen LogP contribution is 2.23. The molecule has 0 saturated carbocycles. The van der Waals surface area contributed by atoms with Crippen LogP contribution < -0.4 is 10.6 Å². The maximum atomic E-state index is 12.2. The Hall–Kier alpha value is -1.37. The molecule has 1 aromatic carbocycles. The molecule has 1 aliphatic rings. The molecule has 1 heterocycles. The van der Waals surface area contributed by atoms with E-state index in [0.29, 0.717) is 17.5 Å². The number of amides is 1. The lowest BCUT2D eigenvalue weighted by Gasteiger charge is -2.30. The Morgan fingerprint density at radius 3 is 2.86 bits per heavy atom. The van der Waals surface area contributed by atoms with E-state index in [1.165, 1.54) is 18.2 Å². The summed E-state index contributed by atoms with van der Waals surface area (Å²) in [6.45, 7) is 3.64. The molecule has 1 saturated heterocycles. The van der Waals surface area contributed by atoms with Crippen LogP contribution in [0.25, 0.3) is 0 Å².